The molecule has 0 aromatic heterocycles. The second-order valence-electron chi connectivity index (χ2n) is 6.68. The lowest BCUT2D eigenvalue weighted by Gasteiger charge is -2.43. The van der Waals surface area contributed by atoms with Crippen molar-refractivity contribution in [3.05, 3.63) is 24.3 Å². The van der Waals surface area contributed by atoms with Crippen LogP contribution in [0.15, 0.2) is 24.3 Å². The van der Waals surface area contributed by atoms with E-state index in [9.17, 15) is 0 Å². The largest absolute Gasteiger partial charge is 0.483 e. The number of benzene rings is 1. The van der Waals surface area contributed by atoms with E-state index in [0.717, 1.165) is 32.1 Å². The Morgan fingerprint density at radius 2 is 2.05 bits per heavy atom. The molecule has 3 rings (SSSR count). The van der Waals surface area contributed by atoms with Crippen LogP contribution in [-0.2, 0) is 0 Å². The van der Waals surface area contributed by atoms with Crippen LogP contribution in [0.2, 0.25) is 0 Å². The highest BCUT2D eigenvalue weighted by molar-refractivity contribution is 5.62. The number of rotatable bonds is 3. The normalized spacial score (nSPS) is 24.4. The fourth-order valence-electron chi connectivity index (χ4n) is 3.19. The minimum absolute atomic E-state index is 0.138. The highest BCUT2D eigenvalue weighted by Gasteiger charge is 2.46. The van der Waals surface area contributed by atoms with Gasteiger partial charge in [0.2, 0.25) is 0 Å². The Bertz CT molecular complexity index is 486. The Balaban J connectivity index is 1.82. The van der Waals surface area contributed by atoms with Gasteiger partial charge < -0.3 is 14.5 Å². The monoisotopic (exact) mass is 275 g/mol. The van der Waals surface area contributed by atoms with Crippen molar-refractivity contribution in [2.75, 3.05) is 45.3 Å². The van der Waals surface area contributed by atoms with Crippen molar-refractivity contribution in [2.45, 2.75) is 25.5 Å². The van der Waals surface area contributed by atoms with Crippen LogP contribution in [0.3, 0.4) is 0 Å². The van der Waals surface area contributed by atoms with E-state index in [2.05, 4.69) is 66.9 Å². The molecule has 0 bridgehead atoms. The van der Waals surface area contributed by atoms with Crippen LogP contribution in [0.4, 0.5) is 5.69 Å². The van der Waals surface area contributed by atoms with Gasteiger partial charge in [0.05, 0.1) is 18.4 Å². The summed E-state index contributed by atoms with van der Waals surface area (Å²) in [6, 6.07) is 8.83. The number of hydrogen-bond acceptors (Lipinski definition) is 4. The molecule has 0 saturated carbocycles. The third-order valence-electron chi connectivity index (χ3n) is 4.37. The second-order valence-corrected chi connectivity index (χ2v) is 6.68. The van der Waals surface area contributed by atoms with E-state index in [1.54, 1.807) is 0 Å². The molecule has 2 aliphatic heterocycles. The van der Waals surface area contributed by atoms with Crippen molar-refractivity contribution in [1.82, 2.24) is 9.80 Å². The van der Waals surface area contributed by atoms with Gasteiger partial charge in [-0.1, -0.05) is 12.1 Å². The molecule has 4 nitrogen and oxygen atoms in total. The average Bonchev–Trinajstić information content (AvgIpc) is 2.81. The minimum Gasteiger partial charge on any atom is -0.483 e. The number of likely N-dealkylation sites (N-methyl/N-ethyl adjacent to an activating group) is 1. The van der Waals surface area contributed by atoms with E-state index in [4.69, 9.17) is 4.74 Å². The zero-order valence-electron chi connectivity index (χ0n) is 13.0. The van der Waals surface area contributed by atoms with Crippen LogP contribution >= 0.6 is 0 Å². The van der Waals surface area contributed by atoms with Gasteiger partial charge in [0.1, 0.15) is 11.4 Å². The third-order valence-corrected chi connectivity index (χ3v) is 4.37. The summed E-state index contributed by atoms with van der Waals surface area (Å²) in [5.74, 6) is 1.02. The Labute approximate surface area is 121 Å². The Morgan fingerprint density at radius 3 is 2.80 bits per heavy atom. The molecule has 0 radical (unpaired) electrons. The molecule has 2 heterocycles. The predicted molar refractivity (Wildman–Crippen MR) is 82.4 cm³/mol. The molecule has 1 fully saturated rings. The average molecular weight is 275 g/mol. The SMILES string of the molecule is CN(C)CCN1CC2N(C1)c1ccccc1OC2(C)C. The van der Waals surface area contributed by atoms with Gasteiger partial charge in [-0.15, -0.1) is 0 Å². The third kappa shape index (κ3) is 2.38. The standard InChI is InChI=1S/C16H25N3O/c1-16(2)15-11-18(10-9-17(3)4)12-19(15)13-7-5-6-8-14(13)20-16/h5-8,15H,9-12H2,1-4H3. The molecular weight excluding hydrogens is 250 g/mol. The van der Waals surface area contributed by atoms with Gasteiger partial charge >= 0.3 is 0 Å². The van der Waals surface area contributed by atoms with Crippen molar-refractivity contribution < 1.29 is 4.74 Å². The molecule has 1 saturated heterocycles. The minimum atomic E-state index is -0.138. The van der Waals surface area contributed by atoms with Crippen molar-refractivity contribution in [3.63, 3.8) is 0 Å². The molecule has 1 aromatic rings. The highest BCUT2D eigenvalue weighted by atomic mass is 16.5. The van der Waals surface area contributed by atoms with Crippen LogP contribution in [0.5, 0.6) is 5.75 Å². The van der Waals surface area contributed by atoms with Gasteiger partial charge in [0, 0.05) is 19.6 Å². The molecular formula is C16H25N3O. The topological polar surface area (TPSA) is 19.0 Å². The van der Waals surface area contributed by atoms with Crippen LogP contribution in [0.25, 0.3) is 0 Å². The fourth-order valence-corrected chi connectivity index (χ4v) is 3.19. The predicted octanol–water partition coefficient (Wildman–Crippen LogP) is 1.87. The smallest absolute Gasteiger partial charge is 0.143 e. The molecule has 20 heavy (non-hydrogen) atoms. The van der Waals surface area contributed by atoms with Crippen molar-refractivity contribution >= 4 is 5.69 Å². The quantitative estimate of drug-likeness (QED) is 0.838. The number of hydrogen-bond donors (Lipinski definition) is 0. The fraction of sp³-hybridized carbons (Fsp3) is 0.625. The first kappa shape index (κ1) is 13.7. The summed E-state index contributed by atoms with van der Waals surface area (Å²) in [5, 5.41) is 0. The molecule has 1 aromatic carbocycles. The Hall–Kier alpha value is -1.26. The van der Waals surface area contributed by atoms with Crippen LogP contribution in [0, 0.1) is 0 Å². The Morgan fingerprint density at radius 1 is 1.30 bits per heavy atom. The van der Waals surface area contributed by atoms with Gasteiger partial charge in [-0.05, 0) is 40.1 Å². The number of ether oxygens (including phenoxy) is 1. The summed E-state index contributed by atoms with van der Waals surface area (Å²) in [4.78, 5) is 7.28. The molecule has 110 valence electrons. The number of anilines is 1. The summed E-state index contributed by atoms with van der Waals surface area (Å²) in [6.07, 6.45) is 0. The molecule has 1 atom stereocenters. The second kappa shape index (κ2) is 4.93. The summed E-state index contributed by atoms with van der Waals surface area (Å²) < 4.78 is 6.23. The van der Waals surface area contributed by atoms with E-state index in [0.29, 0.717) is 6.04 Å². The molecule has 0 amide bonds. The molecule has 1 unspecified atom stereocenters. The van der Waals surface area contributed by atoms with Gasteiger partial charge in [0.25, 0.3) is 0 Å². The van der Waals surface area contributed by atoms with Crippen molar-refractivity contribution in [2.24, 2.45) is 0 Å². The first-order chi connectivity index (χ1) is 9.47. The van der Waals surface area contributed by atoms with E-state index in [-0.39, 0.29) is 5.60 Å². The first-order valence-corrected chi connectivity index (χ1v) is 7.39. The molecule has 0 spiro atoms. The van der Waals surface area contributed by atoms with E-state index in [1.807, 2.05) is 0 Å². The first-order valence-electron chi connectivity index (χ1n) is 7.39. The highest BCUT2D eigenvalue weighted by Crippen LogP contribution is 2.42. The molecule has 0 aliphatic carbocycles. The summed E-state index contributed by atoms with van der Waals surface area (Å²) >= 11 is 0. The maximum Gasteiger partial charge on any atom is 0.143 e. The van der Waals surface area contributed by atoms with Crippen LogP contribution in [-0.4, -0.2) is 61.8 Å². The lowest BCUT2D eigenvalue weighted by molar-refractivity contribution is 0.0704. The number of nitrogens with zero attached hydrogens (tertiary/aromatic N) is 3. The zero-order valence-corrected chi connectivity index (χ0v) is 13.0. The molecule has 0 N–H and O–H groups in total. The van der Waals surface area contributed by atoms with E-state index >= 15 is 0 Å². The summed E-state index contributed by atoms with van der Waals surface area (Å²) in [7, 11) is 4.26. The number of fused-ring (bicyclic) bond motifs is 3. The van der Waals surface area contributed by atoms with Gasteiger partial charge in [-0.3, -0.25) is 4.90 Å². The maximum absolute atomic E-state index is 6.23. The number of para-hydroxylation sites is 2. The lowest BCUT2D eigenvalue weighted by Crippen LogP contribution is -2.54. The van der Waals surface area contributed by atoms with Gasteiger partial charge in [-0.2, -0.15) is 0 Å². The van der Waals surface area contributed by atoms with Crippen LogP contribution < -0.4 is 9.64 Å². The zero-order chi connectivity index (χ0) is 14.3. The van der Waals surface area contributed by atoms with Crippen LogP contribution in [0.1, 0.15) is 13.8 Å². The van der Waals surface area contributed by atoms with Gasteiger partial charge in [0.15, 0.2) is 0 Å². The van der Waals surface area contributed by atoms with Crippen molar-refractivity contribution in [1.29, 1.82) is 0 Å². The Kier molecular flexibility index (Phi) is 3.38. The molecule has 2 aliphatic rings. The molecule has 4 heteroatoms. The lowest BCUT2D eigenvalue weighted by atomic mass is 9.95. The summed E-state index contributed by atoms with van der Waals surface area (Å²) in [5.41, 5.74) is 1.10. The van der Waals surface area contributed by atoms with E-state index in [1.165, 1.54) is 5.69 Å². The summed E-state index contributed by atoms with van der Waals surface area (Å²) in [6.45, 7) is 8.70. The maximum atomic E-state index is 6.23. The van der Waals surface area contributed by atoms with Gasteiger partial charge in [-0.25, -0.2) is 0 Å². The van der Waals surface area contributed by atoms with Crippen molar-refractivity contribution in [3.8, 4) is 5.75 Å². The van der Waals surface area contributed by atoms with E-state index < -0.39 is 0 Å².